The van der Waals surface area contributed by atoms with Crippen molar-refractivity contribution in [1.29, 1.82) is 0 Å². The average molecular weight is 299 g/mol. The Hall–Kier alpha value is -1.71. The number of hydrogen-bond acceptors (Lipinski definition) is 3. The molecule has 0 aromatic carbocycles. The number of carbonyl (C=O) groups is 1. The van der Waals surface area contributed by atoms with Crippen LogP contribution in [0, 0.1) is 19.8 Å². The molecule has 3 rings (SSSR count). The zero-order valence-corrected chi connectivity index (χ0v) is 13.6. The fourth-order valence-corrected chi connectivity index (χ4v) is 3.63. The highest BCUT2D eigenvalue weighted by Gasteiger charge is 2.17. The van der Waals surface area contributed by atoms with E-state index in [9.17, 15) is 4.79 Å². The lowest BCUT2D eigenvalue weighted by molar-refractivity contribution is 0.0978. The van der Waals surface area contributed by atoms with Crippen LogP contribution in [0.2, 0.25) is 0 Å². The zero-order valence-electron chi connectivity index (χ0n) is 13.6. The summed E-state index contributed by atoms with van der Waals surface area (Å²) in [7, 11) is 0. The van der Waals surface area contributed by atoms with E-state index in [0.29, 0.717) is 17.6 Å². The van der Waals surface area contributed by atoms with Crippen LogP contribution in [0.15, 0.2) is 12.3 Å². The third kappa shape index (κ3) is 3.21. The highest BCUT2D eigenvalue weighted by atomic mass is 16.1. The molecule has 0 spiro atoms. The Bertz CT molecular complexity index is 668. The molecule has 1 aliphatic rings. The van der Waals surface area contributed by atoms with E-state index in [-0.39, 0.29) is 5.78 Å². The minimum absolute atomic E-state index is 0.184. The van der Waals surface area contributed by atoms with Gasteiger partial charge in [-0.3, -0.25) is 4.79 Å². The van der Waals surface area contributed by atoms with Gasteiger partial charge in [0.2, 0.25) is 0 Å². The molecule has 0 unspecified atom stereocenters. The van der Waals surface area contributed by atoms with E-state index in [1.54, 1.807) is 10.7 Å². The fourth-order valence-electron chi connectivity index (χ4n) is 3.63. The van der Waals surface area contributed by atoms with Gasteiger partial charge in [-0.1, -0.05) is 38.5 Å². The molecule has 1 saturated carbocycles. The SMILES string of the molecule is Cc1cc(C)n2ncc(C(=O)CCCC3CCCCC3)c2n1. The summed E-state index contributed by atoms with van der Waals surface area (Å²) < 4.78 is 1.77. The Kier molecular flexibility index (Phi) is 4.55. The maximum absolute atomic E-state index is 12.5. The molecule has 0 radical (unpaired) electrons. The summed E-state index contributed by atoms with van der Waals surface area (Å²) in [6.07, 6.45) is 11.3. The Morgan fingerprint density at radius 2 is 2.05 bits per heavy atom. The first kappa shape index (κ1) is 15.2. The van der Waals surface area contributed by atoms with Gasteiger partial charge in [0.25, 0.3) is 0 Å². The summed E-state index contributed by atoms with van der Waals surface area (Å²) in [4.78, 5) is 17.0. The summed E-state index contributed by atoms with van der Waals surface area (Å²) in [6, 6.07) is 1.98. The first-order valence-corrected chi connectivity index (χ1v) is 8.50. The van der Waals surface area contributed by atoms with Crippen molar-refractivity contribution in [2.45, 2.75) is 65.2 Å². The Labute approximate surface area is 131 Å². The van der Waals surface area contributed by atoms with Gasteiger partial charge in [-0.05, 0) is 32.3 Å². The Morgan fingerprint density at radius 1 is 1.27 bits per heavy atom. The van der Waals surface area contributed by atoms with Gasteiger partial charge in [0.15, 0.2) is 11.4 Å². The zero-order chi connectivity index (χ0) is 15.5. The lowest BCUT2D eigenvalue weighted by Gasteiger charge is -2.20. The number of fused-ring (bicyclic) bond motifs is 1. The largest absolute Gasteiger partial charge is 0.294 e. The number of Topliss-reactive ketones (excluding diaryl/α,β-unsaturated/α-hetero) is 1. The molecule has 2 aromatic rings. The third-order valence-electron chi connectivity index (χ3n) is 4.82. The van der Waals surface area contributed by atoms with Crippen molar-refractivity contribution in [2.75, 3.05) is 0 Å². The van der Waals surface area contributed by atoms with Crippen molar-refractivity contribution in [3.63, 3.8) is 0 Å². The molecular weight excluding hydrogens is 274 g/mol. The minimum atomic E-state index is 0.184. The number of hydrogen-bond donors (Lipinski definition) is 0. The van der Waals surface area contributed by atoms with Crippen LogP contribution >= 0.6 is 0 Å². The van der Waals surface area contributed by atoms with E-state index >= 15 is 0 Å². The molecule has 0 amide bonds. The summed E-state index contributed by atoms with van der Waals surface area (Å²) in [5.41, 5.74) is 3.33. The summed E-state index contributed by atoms with van der Waals surface area (Å²) >= 11 is 0. The standard InChI is InChI=1S/C18H25N3O/c1-13-11-14(2)21-18(20-13)16(12-19-21)17(22)10-6-9-15-7-4-3-5-8-15/h11-12,15H,3-10H2,1-2H3. The van der Waals surface area contributed by atoms with E-state index in [0.717, 1.165) is 23.7 Å². The minimum Gasteiger partial charge on any atom is -0.294 e. The maximum atomic E-state index is 12.5. The molecule has 22 heavy (non-hydrogen) atoms. The highest BCUT2D eigenvalue weighted by Crippen LogP contribution is 2.28. The Balaban J connectivity index is 1.65. The smallest absolute Gasteiger partial charge is 0.168 e. The van der Waals surface area contributed by atoms with Crippen LogP contribution in [0.5, 0.6) is 0 Å². The van der Waals surface area contributed by atoms with Crippen molar-refractivity contribution < 1.29 is 4.79 Å². The van der Waals surface area contributed by atoms with Crippen molar-refractivity contribution in [2.24, 2.45) is 5.92 Å². The molecule has 4 nitrogen and oxygen atoms in total. The van der Waals surface area contributed by atoms with Crippen molar-refractivity contribution in [3.05, 3.63) is 29.2 Å². The van der Waals surface area contributed by atoms with E-state index < -0.39 is 0 Å². The van der Waals surface area contributed by atoms with Crippen LogP contribution in [0.25, 0.3) is 5.65 Å². The average Bonchev–Trinajstić information content (AvgIpc) is 2.92. The number of aromatic nitrogens is 3. The van der Waals surface area contributed by atoms with Crippen LogP contribution in [0.1, 0.15) is 73.1 Å². The molecule has 2 aromatic heterocycles. The molecule has 1 aliphatic carbocycles. The predicted octanol–water partition coefficient (Wildman–Crippen LogP) is 4.28. The van der Waals surface area contributed by atoms with E-state index in [2.05, 4.69) is 10.1 Å². The van der Waals surface area contributed by atoms with Gasteiger partial charge in [0.05, 0.1) is 11.8 Å². The molecule has 0 N–H and O–H groups in total. The number of ketones is 1. The molecule has 0 saturated heterocycles. The molecular formula is C18H25N3O. The summed E-state index contributed by atoms with van der Waals surface area (Å²) in [5, 5.41) is 4.31. The van der Waals surface area contributed by atoms with Crippen molar-refractivity contribution in [1.82, 2.24) is 14.6 Å². The van der Waals surface area contributed by atoms with Crippen LogP contribution in [-0.4, -0.2) is 20.4 Å². The van der Waals surface area contributed by atoms with Crippen LogP contribution in [0.3, 0.4) is 0 Å². The molecule has 0 atom stereocenters. The molecule has 118 valence electrons. The second-order valence-electron chi connectivity index (χ2n) is 6.65. The third-order valence-corrected chi connectivity index (χ3v) is 4.82. The molecule has 0 bridgehead atoms. The van der Waals surface area contributed by atoms with E-state index in [4.69, 9.17) is 0 Å². The van der Waals surface area contributed by atoms with Crippen LogP contribution < -0.4 is 0 Å². The normalized spacial score (nSPS) is 16.3. The number of aryl methyl sites for hydroxylation is 2. The van der Waals surface area contributed by atoms with Gasteiger partial charge in [-0.25, -0.2) is 9.50 Å². The van der Waals surface area contributed by atoms with Gasteiger partial charge in [-0.2, -0.15) is 5.10 Å². The highest BCUT2D eigenvalue weighted by molar-refractivity contribution is 6.01. The summed E-state index contributed by atoms with van der Waals surface area (Å²) in [6.45, 7) is 3.95. The number of rotatable bonds is 5. The molecule has 0 aliphatic heterocycles. The van der Waals surface area contributed by atoms with Gasteiger partial charge in [0, 0.05) is 17.8 Å². The first-order chi connectivity index (χ1) is 10.6. The lowest BCUT2D eigenvalue weighted by atomic mass is 9.85. The molecule has 4 heteroatoms. The van der Waals surface area contributed by atoms with Gasteiger partial charge >= 0.3 is 0 Å². The fraction of sp³-hybridized carbons (Fsp3) is 0.611. The van der Waals surface area contributed by atoms with Crippen molar-refractivity contribution in [3.8, 4) is 0 Å². The topological polar surface area (TPSA) is 47.3 Å². The van der Waals surface area contributed by atoms with E-state index in [1.807, 2.05) is 19.9 Å². The van der Waals surface area contributed by atoms with Gasteiger partial charge in [0.1, 0.15) is 0 Å². The predicted molar refractivity (Wildman–Crippen MR) is 87.2 cm³/mol. The van der Waals surface area contributed by atoms with Gasteiger partial charge < -0.3 is 0 Å². The monoisotopic (exact) mass is 299 g/mol. The summed E-state index contributed by atoms with van der Waals surface area (Å²) in [5.74, 6) is 1.02. The maximum Gasteiger partial charge on any atom is 0.168 e. The lowest BCUT2D eigenvalue weighted by Crippen LogP contribution is -2.07. The Morgan fingerprint density at radius 3 is 2.82 bits per heavy atom. The quantitative estimate of drug-likeness (QED) is 0.774. The van der Waals surface area contributed by atoms with Crippen LogP contribution in [0.4, 0.5) is 0 Å². The van der Waals surface area contributed by atoms with Crippen molar-refractivity contribution >= 4 is 11.4 Å². The van der Waals surface area contributed by atoms with Crippen LogP contribution in [-0.2, 0) is 0 Å². The number of carbonyl (C=O) groups excluding carboxylic acids is 1. The van der Waals surface area contributed by atoms with E-state index in [1.165, 1.54) is 38.5 Å². The second kappa shape index (κ2) is 6.59. The first-order valence-electron chi connectivity index (χ1n) is 8.50. The number of nitrogens with zero attached hydrogens (tertiary/aromatic N) is 3. The molecule has 1 fully saturated rings. The second-order valence-corrected chi connectivity index (χ2v) is 6.65. The van der Waals surface area contributed by atoms with Gasteiger partial charge in [-0.15, -0.1) is 0 Å². The molecule has 2 heterocycles.